The number of hydrogen-bond acceptors (Lipinski definition) is 0. The van der Waals surface area contributed by atoms with E-state index in [1.54, 1.807) is 0 Å². The van der Waals surface area contributed by atoms with Crippen LogP contribution in [-0.2, 0) is 0 Å². The maximum Gasteiger partial charge on any atom is 0.737 e. The molecule has 0 fully saturated rings. The molecule has 2 aromatic rings. The molecular weight excluding hydrogens is 375 g/mol. The van der Waals surface area contributed by atoms with E-state index in [-0.39, 0.29) is 11.4 Å². The second-order valence-corrected chi connectivity index (χ2v) is 6.17. The molecule has 23 heavy (non-hydrogen) atoms. The normalized spacial score (nSPS) is 18.0. The van der Waals surface area contributed by atoms with Gasteiger partial charge in [0.1, 0.15) is 6.21 Å². The largest absolute Gasteiger partial charge is 0.737 e. The summed E-state index contributed by atoms with van der Waals surface area (Å²) in [5.41, 5.74) is 1.24. The summed E-state index contributed by atoms with van der Waals surface area (Å²) in [5, 5.41) is 0. The summed E-state index contributed by atoms with van der Waals surface area (Å²) >= 11 is 3.20. The Morgan fingerprint density at radius 3 is 2.65 bits per heavy atom. The number of nitrogens with zero attached hydrogens (tertiary/aromatic N) is 2. The summed E-state index contributed by atoms with van der Waals surface area (Å²) in [6.07, 6.45) is 5.61. The first-order valence-electron chi connectivity index (χ1n) is 6.80. The fourth-order valence-electron chi connectivity index (χ4n) is 3.01. The van der Waals surface area contributed by atoms with Crippen LogP contribution in [0.25, 0.3) is 5.57 Å². The molecule has 2 nitrogen and oxygen atoms in total. The first kappa shape index (κ1) is 14.5. The van der Waals surface area contributed by atoms with Crippen molar-refractivity contribution in [2.24, 2.45) is 0 Å². The highest BCUT2D eigenvalue weighted by molar-refractivity contribution is 9.10. The fourth-order valence-corrected chi connectivity index (χ4v) is 3.52. The number of halogens is 5. The summed E-state index contributed by atoms with van der Waals surface area (Å²) in [5.74, 6) is -2.04. The maximum atomic E-state index is 14.6. The standard InChI is InChI=1S/C15H8BBrF4N2/c17-10-8-12(19)11(18)7-9(10)15-13-3-1-5-22(13)16(20,21)23-6-2-4-14(15)23/h1-8H. The Morgan fingerprint density at radius 1 is 1.13 bits per heavy atom. The van der Waals surface area contributed by atoms with Crippen molar-refractivity contribution in [1.29, 1.82) is 0 Å². The molecule has 0 radical (unpaired) electrons. The minimum Gasteiger partial charge on any atom is -0.396 e. The van der Waals surface area contributed by atoms with Gasteiger partial charge in [0, 0.05) is 27.9 Å². The quantitative estimate of drug-likeness (QED) is 0.397. The van der Waals surface area contributed by atoms with Crippen molar-refractivity contribution in [2.75, 3.05) is 0 Å². The van der Waals surface area contributed by atoms with Crippen molar-refractivity contribution in [2.45, 2.75) is 0 Å². The summed E-state index contributed by atoms with van der Waals surface area (Å²) in [7, 11) is 0. The second-order valence-electron chi connectivity index (χ2n) is 5.31. The van der Waals surface area contributed by atoms with Crippen LogP contribution in [0.1, 0.15) is 11.3 Å². The van der Waals surface area contributed by atoms with E-state index in [1.807, 2.05) is 0 Å². The highest BCUT2D eigenvalue weighted by Crippen LogP contribution is 2.40. The summed E-state index contributed by atoms with van der Waals surface area (Å²) in [4.78, 5) is 0. The van der Waals surface area contributed by atoms with Gasteiger partial charge in [-0.15, -0.1) is 0 Å². The van der Waals surface area contributed by atoms with Crippen molar-refractivity contribution in [3.63, 3.8) is 0 Å². The van der Waals surface area contributed by atoms with Gasteiger partial charge >= 0.3 is 6.97 Å². The van der Waals surface area contributed by atoms with Crippen LogP contribution in [0.5, 0.6) is 0 Å². The van der Waals surface area contributed by atoms with Crippen molar-refractivity contribution in [3.8, 4) is 0 Å². The number of hydrogen-bond donors (Lipinski definition) is 0. The first-order valence-corrected chi connectivity index (χ1v) is 7.59. The molecule has 0 saturated heterocycles. The van der Waals surface area contributed by atoms with Crippen LogP contribution < -0.4 is 0 Å². The van der Waals surface area contributed by atoms with E-state index in [2.05, 4.69) is 15.9 Å². The minimum atomic E-state index is -4.01. The molecular formula is C15H8BBrF4N2. The van der Waals surface area contributed by atoms with Crippen LogP contribution >= 0.6 is 15.9 Å². The lowest BCUT2D eigenvalue weighted by Crippen LogP contribution is -2.49. The Balaban J connectivity index is 2.08. The summed E-state index contributed by atoms with van der Waals surface area (Å²) < 4.78 is 58.4. The molecule has 0 spiro atoms. The number of benzene rings is 1. The third kappa shape index (κ3) is 1.91. The van der Waals surface area contributed by atoms with Crippen LogP contribution in [0.3, 0.4) is 0 Å². The van der Waals surface area contributed by atoms with Gasteiger partial charge < -0.3 is 17.6 Å². The maximum absolute atomic E-state index is 14.6. The molecule has 2 aliphatic rings. The number of fused-ring (bicyclic) bond motifs is 2. The lowest BCUT2D eigenvalue weighted by Gasteiger charge is -2.31. The monoisotopic (exact) mass is 382 g/mol. The highest BCUT2D eigenvalue weighted by Gasteiger charge is 2.51. The third-order valence-electron chi connectivity index (χ3n) is 4.02. The van der Waals surface area contributed by atoms with E-state index in [1.165, 1.54) is 36.7 Å². The van der Waals surface area contributed by atoms with Crippen LogP contribution in [-0.4, -0.2) is 22.1 Å². The van der Waals surface area contributed by atoms with Crippen molar-refractivity contribution >= 4 is 34.7 Å². The lowest BCUT2D eigenvalue weighted by molar-refractivity contribution is -0.356. The fraction of sp³-hybridized carbons (Fsp3) is 0. The average Bonchev–Trinajstić information content (AvgIpc) is 3.14. The molecule has 0 bridgehead atoms. The third-order valence-corrected chi connectivity index (χ3v) is 4.67. The molecule has 0 aliphatic carbocycles. The van der Waals surface area contributed by atoms with E-state index in [0.717, 1.165) is 21.1 Å². The molecule has 1 aromatic heterocycles. The first-order chi connectivity index (χ1) is 10.9. The van der Waals surface area contributed by atoms with E-state index in [0.29, 0.717) is 15.6 Å². The summed E-state index contributed by atoms with van der Waals surface area (Å²) in [6.45, 7) is -4.01. The summed E-state index contributed by atoms with van der Waals surface area (Å²) in [6, 6.07) is 5.05. The topological polar surface area (TPSA) is 7.94 Å². The smallest absolute Gasteiger partial charge is 0.396 e. The number of aromatic nitrogens is 1. The van der Waals surface area contributed by atoms with Crippen LogP contribution in [0.2, 0.25) is 0 Å². The predicted molar refractivity (Wildman–Crippen MR) is 83.3 cm³/mol. The van der Waals surface area contributed by atoms with Crippen LogP contribution in [0.15, 0.2) is 52.8 Å². The number of allylic oxidation sites excluding steroid dienone is 2. The molecule has 3 heterocycles. The van der Waals surface area contributed by atoms with E-state index >= 15 is 0 Å². The molecule has 116 valence electrons. The van der Waals surface area contributed by atoms with E-state index in [9.17, 15) is 17.4 Å². The van der Waals surface area contributed by atoms with Crippen molar-refractivity contribution in [3.05, 3.63) is 75.7 Å². The van der Waals surface area contributed by atoms with E-state index in [4.69, 9.17) is 0 Å². The molecule has 4 rings (SSSR count). The molecule has 1 aromatic carbocycles. The average molecular weight is 383 g/mol. The Bertz CT molecular complexity index is 943. The predicted octanol–water partition coefficient (Wildman–Crippen LogP) is 4.18. The van der Waals surface area contributed by atoms with Gasteiger partial charge in [0.2, 0.25) is 0 Å². The zero-order chi connectivity index (χ0) is 16.4. The zero-order valence-electron chi connectivity index (χ0n) is 11.5. The van der Waals surface area contributed by atoms with Crippen LogP contribution in [0.4, 0.5) is 17.4 Å². The van der Waals surface area contributed by atoms with Gasteiger partial charge in [-0.05, 0) is 30.5 Å². The Morgan fingerprint density at radius 2 is 1.87 bits per heavy atom. The molecule has 0 atom stereocenters. The molecule has 2 aliphatic heterocycles. The Kier molecular flexibility index (Phi) is 2.97. The highest BCUT2D eigenvalue weighted by atomic mass is 79.9. The van der Waals surface area contributed by atoms with Gasteiger partial charge in [0.25, 0.3) is 0 Å². The Hall–Kier alpha value is -2.09. The number of rotatable bonds is 1. The van der Waals surface area contributed by atoms with Gasteiger partial charge in [-0.3, -0.25) is 0 Å². The molecule has 0 amide bonds. The van der Waals surface area contributed by atoms with Crippen molar-refractivity contribution < 1.29 is 21.9 Å². The molecule has 8 heteroatoms. The molecule has 0 N–H and O–H groups in total. The Labute approximate surface area is 137 Å². The van der Waals surface area contributed by atoms with E-state index < -0.39 is 18.6 Å². The van der Waals surface area contributed by atoms with Gasteiger partial charge in [-0.1, -0.05) is 15.9 Å². The van der Waals surface area contributed by atoms with Gasteiger partial charge in [-0.2, -0.15) is 0 Å². The van der Waals surface area contributed by atoms with Gasteiger partial charge in [0.05, 0.1) is 5.57 Å². The van der Waals surface area contributed by atoms with Gasteiger partial charge in [-0.25, -0.2) is 8.78 Å². The van der Waals surface area contributed by atoms with Crippen LogP contribution in [0, 0.1) is 11.6 Å². The molecule has 0 saturated carbocycles. The van der Waals surface area contributed by atoms with Gasteiger partial charge in [0.15, 0.2) is 17.3 Å². The minimum absolute atomic E-state index is 0.257. The SMILES string of the molecule is Fc1cc(Br)c(C2=C3C=CC=[N+]3[B-](F)(F)n3cccc32)cc1F. The molecule has 0 unspecified atom stereocenters. The zero-order valence-corrected chi connectivity index (χ0v) is 13.1. The second kappa shape index (κ2) is 4.70. The van der Waals surface area contributed by atoms with Crippen molar-refractivity contribution in [1.82, 2.24) is 4.48 Å². The lowest BCUT2D eigenvalue weighted by atomic mass is 9.86.